The molecule has 0 N–H and O–H groups in total. The highest BCUT2D eigenvalue weighted by Crippen LogP contribution is 2.34. The minimum Gasteiger partial charge on any atom is -0.383 e. The smallest absolute Gasteiger partial charge is 0.157 e. The molecule has 2 aromatic rings. The van der Waals surface area contributed by atoms with Crippen LogP contribution in [-0.4, -0.2) is 68.2 Å². The van der Waals surface area contributed by atoms with Crippen molar-refractivity contribution in [1.29, 1.82) is 0 Å². The Balaban J connectivity index is 1.43. The Hall–Kier alpha value is -2.21. The Morgan fingerprint density at radius 2 is 1.79 bits per heavy atom. The number of hydrogen-bond donors (Lipinski definition) is 0. The third-order valence-electron chi connectivity index (χ3n) is 6.19. The van der Waals surface area contributed by atoms with Crippen molar-refractivity contribution in [1.82, 2.24) is 9.80 Å². The fourth-order valence-corrected chi connectivity index (χ4v) is 4.64. The molecule has 1 unspecified atom stereocenters. The molecule has 2 aliphatic rings. The van der Waals surface area contributed by atoms with Gasteiger partial charge in [0, 0.05) is 45.5 Å². The monoisotopic (exact) mass is 393 g/mol. The van der Waals surface area contributed by atoms with Gasteiger partial charge in [-0.2, -0.15) is 0 Å². The number of methoxy groups -OCH3 is 1. The van der Waals surface area contributed by atoms with Crippen molar-refractivity contribution < 1.29 is 9.53 Å². The van der Waals surface area contributed by atoms with E-state index in [0.29, 0.717) is 6.61 Å². The molecule has 2 atom stereocenters. The fourth-order valence-electron chi connectivity index (χ4n) is 4.64. The van der Waals surface area contributed by atoms with Gasteiger partial charge in [-0.3, -0.25) is 14.6 Å². The van der Waals surface area contributed by atoms with Crippen LogP contribution in [0.15, 0.2) is 48.5 Å². The number of benzene rings is 2. The molecule has 5 nitrogen and oxygen atoms in total. The number of nitrogens with zero attached hydrogens (tertiary/aromatic N) is 3. The minimum absolute atomic E-state index is 0.207. The number of piperazine rings is 1. The summed E-state index contributed by atoms with van der Waals surface area (Å²) in [6.45, 7) is 7.47. The van der Waals surface area contributed by atoms with Crippen molar-refractivity contribution in [3.63, 3.8) is 0 Å². The molecule has 29 heavy (non-hydrogen) atoms. The number of carbonyl (C=O) groups is 1. The predicted molar refractivity (Wildman–Crippen MR) is 116 cm³/mol. The van der Waals surface area contributed by atoms with E-state index < -0.39 is 0 Å². The van der Waals surface area contributed by atoms with Crippen molar-refractivity contribution in [2.75, 3.05) is 44.8 Å². The number of fused-ring (bicyclic) bond motifs is 1. The minimum atomic E-state index is -0.236. The molecule has 2 heterocycles. The van der Waals surface area contributed by atoms with E-state index >= 15 is 0 Å². The molecule has 2 aromatic carbocycles. The van der Waals surface area contributed by atoms with Crippen molar-refractivity contribution in [3.05, 3.63) is 65.2 Å². The summed E-state index contributed by atoms with van der Waals surface area (Å²) in [4.78, 5) is 19.3. The first-order chi connectivity index (χ1) is 14.2. The highest BCUT2D eigenvalue weighted by atomic mass is 16.5. The van der Waals surface area contributed by atoms with Gasteiger partial charge in [-0.25, -0.2) is 0 Å². The van der Waals surface area contributed by atoms with Crippen LogP contribution in [0.25, 0.3) is 0 Å². The fraction of sp³-hybridized carbons (Fsp3) is 0.458. The lowest BCUT2D eigenvalue weighted by Gasteiger charge is -2.43. The second-order valence-electron chi connectivity index (χ2n) is 8.20. The van der Waals surface area contributed by atoms with E-state index in [4.69, 9.17) is 4.74 Å². The standard InChI is InChI=1S/C24H31N3O2/c1-19-7-9-20(10-8-19)16-25-11-13-26(14-12-25)24(17-28)27-22(18-29-2)15-21-5-3-4-6-23(21)27/h3-10,17,22,24H,11-16,18H2,1-2H3/t22-,24?/m0/s1. The molecule has 4 rings (SSSR count). The summed E-state index contributed by atoms with van der Waals surface area (Å²) in [5.41, 5.74) is 5.13. The molecule has 0 saturated carbocycles. The molecule has 1 saturated heterocycles. The molecule has 0 amide bonds. The van der Waals surface area contributed by atoms with Crippen LogP contribution in [0.2, 0.25) is 0 Å². The van der Waals surface area contributed by atoms with Crippen LogP contribution in [0.3, 0.4) is 0 Å². The van der Waals surface area contributed by atoms with Gasteiger partial charge >= 0.3 is 0 Å². The van der Waals surface area contributed by atoms with E-state index in [2.05, 4.69) is 70.2 Å². The second-order valence-corrected chi connectivity index (χ2v) is 8.20. The maximum atomic E-state index is 12.2. The zero-order chi connectivity index (χ0) is 20.2. The molecule has 2 aliphatic heterocycles. The van der Waals surface area contributed by atoms with E-state index in [-0.39, 0.29) is 12.2 Å². The van der Waals surface area contributed by atoms with Crippen molar-refractivity contribution in [2.24, 2.45) is 0 Å². The zero-order valence-corrected chi connectivity index (χ0v) is 17.5. The average molecular weight is 394 g/mol. The Labute approximate surface area is 173 Å². The molecule has 0 bridgehead atoms. The van der Waals surface area contributed by atoms with Gasteiger partial charge in [-0.15, -0.1) is 0 Å². The van der Waals surface area contributed by atoms with Crippen LogP contribution < -0.4 is 4.90 Å². The Morgan fingerprint density at radius 1 is 1.07 bits per heavy atom. The van der Waals surface area contributed by atoms with Crippen LogP contribution in [-0.2, 0) is 22.5 Å². The lowest BCUT2D eigenvalue weighted by molar-refractivity contribution is -0.113. The Bertz CT molecular complexity index is 815. The normalized spacial score (nSPS) is 21.2. The first-order valence-corrected chi connectivity index (χ1v) is 10.5. The molecule has 154 valence electrons. The van der Waals surface area contributed by atoms with Gasteiger partial charge in [-0.05, 0) is 30.5 Å². The van der Waals surface area contributed by atoms with E-state index in [1.165, 1.54) is 22.4 Å². The van der Waals surface area contributed by atoms with Gasteiger partial charge < -0.3 is 9.64 Å². The van der Waals surface area contributed by atoms with Crippen molar-refractivity contribution in [2.45, 2.75) is 32.1 Å². The van der Waals surface area contributed by atoms with Crippen LogP contribution in [0.4, 0.5) is 5.69 Å². The largest absolute Gasteiger partial charge is 0.383 e. The van der Waals surface area contributed by atoms with Gasteiger partial charge in [-0.1, -0.05) is 48.0 Å². The molecule has 0 aromatic heterocycles. The summed E-state index contributed by atoms with van der Waals surface area (Å²) in [6, 6.07) is 17.4. The lowest BCUT2D eigenvalue weighted by atomic mass is 10.1. The number of carbonyl (C=O) groups excluding carboxylic acids is 1. The molecular weight excluding hydrogens is 362 g/mol. The van der Waals surface area contributed by atoms with E-state index in [1.807, 2.05) is 0 Å². The highest BCUT2D eigenvalue weighted by Gasteiger charge is 2.37. The topological polar surface area (TPSA) is 36.0 Å². The number of aryl methyl sites for hydroxylation is 1. The first kappa shape index (κ1) is 20.1. The summed E-state index contributed by atoms with van der Waals surface area (Å²) in [7, 11) is 1.74. The van der Waals surface area contributed by atoms with Gasteiger partial charge in [0.05, 0.1) is 12.6 Å². The summed E-state index contributed by atoms with van der Waals surface area (Å²) in [6.07, 6.45) is 1.81. The van der Waals surface area contributed by atoms with Gasteiger partial charge in [0.15, 0.2) is 6.29 Å². The second kappa shape index (κ2) is 9.08. The Morgan fingerprint density at radius 3 is 2.48 bits per heavy atom. The number of rotatable bonds is 7. The number of anilines is 1. The van der Waals surface area contributed by atoms with Crippen LogP contribution in [0.5, 0.6) is 0 Å². The van der Waals surface area contributed by atoms with Crippen LogP contribution >= 0.6 is 0 Å². The third-order valence-corrected chi connectivity index (χ3v) is 6.19. The summed E-state index contributed by atoms with van der Waals surface area (Å²) < 4.78 is 5.48. The number of hydrogen-bond acceptors (Lipinski definition) is 5. The Kier molecular flexibility index (Phi) is 6.28. The number of ether oxygens (including phenoxy) is 1. The summed E-state index contributed by atoms with van der Waals surface area (Å²) >= 11 is 0. The van der Waals surface area contributed by atoms with Crippen molar-refractivity contribution in [3.8, 4) is 0 Å². The SMILES string of the molecule is COC[C@@H]1Cc2ccccc2N1C(C=O)N1CCN(Cc2ccc(C)cc2)CC1. The van der Waals surface area contributed by atoms with E-state index in [0.717, 1.165) is 45.4 Å². The van der Waals surface area contributed by atoms with Gasteiger partial charge in [0.2, 0.25) is 0 Å². The summed E-state index contributed by atoms with van der Waals surface area (Å²) in [5, 5.41) is 0. The molecule has 0 spiro atoms. The predicted octanol–water partition coefficient (Wildman–Crippen LogP) is 2.72. The van der Waals surface area contributed by atoms with E-state index in [1.54, 1.807) is 7.11 Å². The van der Waals surface area contributed by atoms with E-state index in [9.17, 15) is 4.79 Å². The molecular formula is C24H31N3O2. The van der Waals surface area contributed by atoms with Gasteiger partial charge in [0.1, 0.15) is 6.17 Å². The van der Waals surface area contributed by atoms with Gasteiger partial charge in [0.25, 0.3) is 0 Å². The third kappa shape index (κ3) is 4.37. The lowest BCUT2D eigenvalue weighted by Crippen LogP contribution is -2.58. The summed E-state index contributed by atoms with van der Waals surface area (Å²) in [5.74, 6) is 0. The first-order valence-electron chi connectivity index (χ1n) is 10.5. The highest BCUT2D eigenvalue weighted by molar-refractivity contribution is 5.70. The number of aldehydes is 1. The zero-order valence-electron chi connectivity index (χ0n) is 17.5. The maximum absolute atomic E-state index is 12.2. The van der Waals surface area contributed by atoms with Crippen LogP contribution in [0.1, 0.15) is 16.7 Å². The molecule has 1 fully saturated rings. The average Bonchev–Trinajstić information content (AvgIpc) is 3.10. The quantitative estimate of drug-likeness (QED) is 0.676. The molecule has 0 aliphatic carbocycles. The van der Waals surface area contributed by atoms with Crippen LogP contribution in [0, 0.1) is 6.92 Å². The molecule has 5 heteroatoms. The number of para-hydroxylation sites is 1. The van der Waals surface area contributed by atoms with Crippen molar-refractivity contribution >= 4 is 12.0 Å². The molecule has 0 radical (unpaired) electrons. The maximum Gasteiger partial charge on any atom is 0.157 e.